The lowest BCUT2D eigenvalue weighted by molar-refractivity contribution is 0.739. The van der Waals surface area contributed by atoms with Crippen molar-refractivity contribution in [2.75, 3.05) is 35.8 Å². The fourth-order valence-electron chi connectivity index (χ4n) is 1.92. The van der Waals surface area contributed by atoms with Gasteiger partial charge in [-0.25, -0.2) is 9.97 Å². The smallest absolute Gasteiger partial charge is 0.134 e. The molecular formula is C15H28N4S. The van der Waals surface area contributed by atoms with E-state index in [-0.39, 0.29) is 0 Å². The molecule has 1 aromatic heterocycles. The molecule has 114 valence electrons. The van der Waals surface area contributed by atoms with Crippen LogP contribution >= 0.6 is 11.8 Å². The van der Waals surface area contributed by atoms with Crippen LogP contribution in [-0.2, 0) is 6.42 Å². The van der Waals surface area contributed by atoms with E-state index in [9.17, 15) is 0 Å². The highest BCUT2D eigenvalue weighted by Crippen LogP contribution is 2.19. The van der Waals surface area contributed by atoms with E-state index >= 15 is 0 Å². The Morgan fingerprint density at radius 3 is 2.65 bits per heavy atom. The van der Waals surface area contributed by atoms with Crippen molar-refractivity contribution >= 4 is 23.4 Å². The van der Waals surface area contributed by atoms with Crippen LogP contribution in [0.1, 0.15) is 39.4 Å². The second-order valence-electron chi connectivity index (χ2n) is 5.12. The molecule has 20 heavy (non-hydrogen) atoms. The summed E-state index contributed by atoms with van der Waals surface area (Å²) in [6, 6.07) is 2.53. The quantitative estimate of drug-likeness (QED) is 0.756. The van der Waals surface area contributed by atoms with Gasteiger partial charge in [0.1, 0.15) is 17.5 Å². The van der Waals surface area contributed by atoms with Crippen molar-refractivity contribution < 1.29 is 0 Å². The molecule has 0 saturated heterocycles. The van der Waals surface area contributed by atoms with E-state index in [0.717, 1.165) is 49.0 Å². The highest BCUT2D eigenvalue weighted by atomic mass is 32.2. The highest BCUT2D eigenvalue weighted by molar-refractivity contribution is 7.98. The molecule has 1 rings (SSSR count). The van der Waals surface area contributed by atoms with Crippen molar-refractivity contribution in [3.05, 3.63) is 11.9 Å². The molecule has 1 N–H and O–H groups in total. The van der Waals surface area contributed by atoms with Crippen molar-refractivity contribution in [3.63, 3.8) is 0 Å². The average molecular weight is 296 g/mol. The van der Waals surface area contributed by atoms with Gasteiger partial charge in [0.2, 0.25) is 0 Å². The molecule has 0 fully saturated rings. The van der Waals surface area contributed by atoms with Crippen LogP contribution in [0.15, 0.2) is 6.07 Å². The summed E-state index contributed by atoms with van der Waals surface area (Å²) in [6.07, 6.45) is 5.24. The Bertz CT molecular complexity index is 397. The Balaban J connectivity index is 2.94. The van der Waals surface area contributed by atoms with Crippen molar-refractivity contribution in [1.29, 1.82) is 0 Å². The number of aryl methyl sites for hydroxylation is 1. The third-order valence-electron chi connectivity index (χ3n) is 3.22. The molecule has 0 radical (unpaired) electrons. The van der Waals surface area contributed by atoms with Gasteiger partial charge >= 0.3 is 0 Å². The number of hydrogen-bond acceptors (Lipinski definition) is 5. The lowest BCUT2D eigenvalue weighted by Crippen LogP contribution is -2.32. The maximum absolute atomic E-state index is 4.70. The summed E-state index contributed by atoms with van der Waals surface area (Å²) in [5.74, 6) is 4.00. The number of thioether (sulfide) groups is 1. The van der Waals surface area contributed by atoms with Crippen molar-refractivity contribution in [3.8, 4) is 0 Å². The van der Waals surface area contributed by atoms with E-state index in [1.54, 1.807) is 0 Å². The zero-order chi connectivity index (χ0) is 15.0. The molecule has 0 aliphatic carbocycles. The minimum atomic E-state index is 0.466. The molecule has 1 heterocycles. The molecule has 0 bridgehead atoms. The van der Waals surface area contributed by atoms with Crippen LogP contribution in [0.25, 0.3) is 0 Å². The van der Waals surface area contributed by atoms with Crippen LogP contribution < -0.4 is 10.2 Å². The number of rotatable bonds is 9. The van der Waals surface area contributed by atoms with Gasteiger partial charge in [-0.3, -0.25) is 0 Å². The largest absolute Gasteiger partial charge is 0.370 e. The number of anilines is 2. The summed E-state index contributed by atoms with van der Waals surface area (Å²) in [5.41, 5.74) is 0. The first-order valence-electron chi connectivity index (χ1n) is 7.45. The predicted octanol–water partition coefficient (Wildman–Crippen LogP) is 3.44. The zero-order valence-corrected chi connectivity index (χ0v) is 14.3. The van der Waals surface area contributed by atoms with Gasteiger partial charge in [-0.05, 0) is 26.0 Å². The Morgan fingerprint density at radius 1 is 1.30 bits per heavy atom. The van der Waals surface area contributed by atoms with Crippen molar-refractivity contribution in [2.45, 2.75) is 46.1 Å². The monoisotopic (exact) mass is 296 g/mol. The number of nitrogens with zero attached hydrogens (tertiary/aromatic N) is 3. The molecule has 0 aliphatic rings. The Morgan fingerprint density at radius 2 is 2.05 bits per heavy atom. The lowest BCUT2D eigenvalue weighted by Gasteiger charge is -2.26. The molecule has 1 aromatic rings. The SMILES string of the molecule is CCCNc1cc(N(C)C(C)CSC)nc(CCC)n1. The molecule has 0 saturated carbocycles. The van der Waals surface area contributed by atoms with E-state index in [0.29, 0.717) is 6.04 Å². The summed E-state index contributed by atoms with van der Waals surface area (Å²) < 4.78 is 0. The Kier molecular flexibility index (Phi) is 7.73. The topological polar surface area (TPSA) is 41.0 Å². The van der Waals surface area contributed by atoms with Gasteiger partial charge in [0.05, 0.1) is 0 Å². The highest BCUT2D eigenvalue weighted by Gasteiger charge is 2.13. The molecule has 0 aliphatic heterocycles. The summed E-state index contributed by atoms with van der Waals surface area (Å²) >= 11 is 1.86. The first kappa shape index (κ1) is 17.1. The minimum absolute atomic E-state index is 0.466. The first-order valence-corrected chi connectivity index (χ1v) is 8.85. The summed E-state index contributed by atoms with van der Waals surface area (Å²) in [6.45, 7) is 7.51. The summed E-state index contributed by atoms with van der Waals surface area (Å²) in [7, 11) is 2.11. The summed E-state index contributed by atoms with van der Waals surface area (Å²) in [4.78, 5) is 11.5. The average Bonchev–Trinajstić information content (AvgIpc) is 2.44. The molecular weight excluding hydrogens is 268 g/mol. The van der Waals surface area contributed by atoms with Crippen LogP contribution in [0.2, 0.25) is 0 Å². The maximum Gasteiger partial charge on any atom is 0.134 e. The lowest BCUT2D eigenvalue weighted by atomic mass is 10.3. The number of hydrogen-bond donors (Lipinski definition) is 1. The van der Waals surface area contributed by atoms with Crippen LogP contribution in [0.5, 0.6) is 0 Å². The van der Waals surface area contributed by atoms with E-state index in [1.807, 2.05) is 11.8 Å². The van der Waals surface area contributed by atoms with Gasteiger partial charge in [0.15, 0.2) is 0 Å². The minimum Gasteiger partial charge on any atom is -0.370 e. The second kappa shape index (κ2) is 9.06. The summed E-state index contributed by atoms with van der Waals surface area (Å²) in [5, 5.41) is 3.38. The molecule has 1 atom stereocenters. The van der Waals surface area contributed by atoms with Gasteiger partial charge in [-0.15, -0.1) is 0 Å². The van der Waals surface area contributed by atoms with Gasteiger partial charge in [-0.1, -0.05) is 13.8 Å². The van der Waals surface area contributed by atoms with Crippen LogP contribution in [0.4, 0.5) is 11.6 Å². The van der Waals surface area contributed by atoms with Gasteiger partial charge in [0.25, 0.3) is 0 Å². The van der Waals surface area contributed by atoms with Crippen molar-refractivity contribution in [1.82, 2.24) is 9.97 Å². The van der Waals surface area contributed by atoms with Gasteiger partial charge in [0, 0.05) is 37.9 Å². The predicted molar refractivity (Wildman–Crippen MR) is 91.1 cm³/mol. The maximum atomic E-state index is 4.70. The van der Waals surface area contributed by atoms with E-state index in [4.69, 9.17) is 4.98 Å². The van der Waals surface area contributed by atoms with Crippen LogP contribution in [0, 0.1) is 0 Å². The van der Waals surface area contributed by atoms with E-state index < -0.39 is 0 Å². The Labute approximate surface area is 127 Å². The molecule has 1 unspecified atom stereocenters. The Hall–Kier alpha value is -0.970. The molecule has 4 nitrogen and oxygen atoms in total. The molecule has 0 spiro atoms. The first-order chi connectivity index (χ1) is 9.62. The standard InChI is InChI=1S/C15H28N4S/c1-6-8-13-17-14(16-9-7-2)10-15(18-13)19(4)12(3)11-20-5/h10,12H,6-9,11H2,1-5H3,(H,16,17,18). The number of aromatic nitrogens is 2. The number of nitrogens with one attached hydrogen (secondary N) is 1. The third kappa shape index (κ3) is 5.19. The van der Waals surface area contributed by atoms with Crippen LogP contribution in [0.3, 0.4) is 0 Å². The van der Waals surface area contributed by atoms with Gasteiger partial charge in [-0.2, -0.15) is 11.8 Å². The molecule has 0 amide bonds. The fraction of sp³-hybridized carbons (Fsp3) is 0.733. The molecule has 0 aromatic carbocycles. The van der Waals surface area contributed by atoms with Crippen molar-refractivity contribution in [2.24, 2.45) is 0 Å². The normalized spacial score (nSPS) is 12.2. The molecule has 5 heteroatoms. The fourth-order valence-corrected chi connectivity index (χ4v) is 2.63. The zero-order valence-electron chi connectivity index (χ0n) is 13.4. The second-order valence-corrected chi connectivity index (χ2v) is 6.03. The van der Waals surface area contributed by atoms with E-state index in [1.165, 1.54) is 0 Å². The van der Waals surface area contributed by atoms with E-state index in [2.05, 4.69) is 55.3 Å². The van der Waals surface area contributed by atoms with Gasteiger partial charge < -0.3 is 10.2 Å². The van der Waals surface area contributed by atoms with Crippen LogP contribution in [-0.4, -0.2) is 41.6 Å². The third-order valence-corrected chi connectivity index (χ3v) is 4.03.